The van der Waals surface area contributed by atoms with E-state index in [-0.39, 0.29) is 18.4 Å². The van der Waals surface area contributed by atoms with Gasteiger partial charge in [0.15, 0.2) is 0 Å². The lowest BCUT2D eigenvalue weighted by molar-refractivity contribution is -0.181. The van der Waals surface area contributed by atoms with Gasteiger partial charge in [-0.3, -0.25) is 9.63 Å². The fourth-order valence-electron chi connectivity index (χ4n) is 2.69. The smallest absolute Gasteiger partial charge is 0.248 e. The van der Waals surface area contributed by atoms with Crippen molar-refractivity contribution in [2.75, 3.05) is 27.9 Å². The first-order chi connectivity index (χ1) is 12.0. The molecule has 0 radical (unpaired) electrons. The number of amides is 1. The van der Waals surface area contributed by atoms with E-state index < -0.39 is 12.2 Å². The van der Waals surface area contributed by atoms with Gasteiger partial charge in [-0.05, 0) is 30.5 Å². The number of methoxy groups -OCH3 is 1. The van der Waals surface area contributed by atoms with Gasteiger partial charge in [0.25, 0.3) is 0 Å². The molecule has 7 nitrogen and oxygen atoms in total. The number of aliphatic hydroxyl groups excluding tert-OH is 1. The lowest BCUT2D eigenvalue weighted by atomic mass is 9.99. The Morgan fingerprint density at radius 3 is 2.64 bits per heavy atom. The number of ether oxygens (including phenoxy) is 3. The van der Waals surface area contributed by atoms with Crippen molar-refractivity contribution in [2.45, 2.75) is 44.2 Å². The van der Waals surface area contributed by atoms with Gasteiger partial charge in [-0.15, -0.1) is 0 Å². The first-order valence-electron chi connectivity index (χ1n) is 8.38. The number of aliphatic hydroxyl groups is 1. The van der Waals surface area contributed by atoms with E-state index >= 15 is 0 Å². The highest BCUT2D eigenvalue weighted by Crippen LogP contribution is 2.23. The van der Waals surface area contributed by atoms with Crippen LogP contribution in [0.1, 0.15) is 24.8 Å². The van der Waals surface area contributed by atoms with Crippen molar-refractivity contribution in [3.8, 4) is 5.75 Å². The zero-order chi connectivity index (χ0) is 18.2. The fraction of sp³-hybridized carbons (Fsp3) is 0.611. The van der Waals surface area contributed by atoms with Crippen LogP contribution in [0.5, 0.6) is 5.75 Å². The van der Waals surface area contributed by atoms with Gasteiger partial charge in [0.05, 0.1) is 52.2 Å². The van der Waals surface area contributed by atoms with Crippen LogP contribution < -0.4 is 4.74 Å². The molecule has 1 aliphatic heterocycles. The summed E-state index contributed by atoms with van der Waals surface area (Å²) in [5.41, 5.74) is 1.05. The van der Waals surface area contributed by atoms with Crippen LogP contribution in [-0.4, -0.2) is 62.3 Å². The van der Waals surface area contributed by atoms with E-state index in [2.05, 4.69) is 0 Å². The molecule has 2 rings (SSSR count). The third-order valence-corrected chi connectivity index (χ3v) is 4.31. The topological polar surface area (TPSA) is 77.5 Å². The van der Waals surface area contributed by atoms with Gasteiger partial charge < -0.3 is 19.3 Å². The minimum absolute atomic E-state index is 0.0838. The number of hydrogen-bond acceptors (Lipinski definition) is 6. The summed E-state index contributed by atoms with van der Waals surface area (Å²) in [6.07, 6.45) is 0.0630. The van der Waals surface area contributed by atoms with Crippen molar-refractivity contribution < 1.29 is 28.9 Å². The van der Waals surface area contributed by atoms with Gasteiger partial charge in [0.1, 0.15) is 5.75 Å². The SMILES string of the molecule is COc1ccc(COC[C@H]2CC[C@H](O)[C@H](CC(=O)N(C)OC)O2)cc1. The molecule has 7 heteroatoms. The van der Waals surface area contributed by atoms with Gasteiger partial charge in [0, 0.05) is 7.05 Å². The summed E-state index contributed by atoms with van der Waals surface area (Å²) >= 11 is 0. The Kier molecular flexibility index (Phi) is 7.64. The summed E-state index contributed by atoms with van der Waals surface area (Å²) in [6, 6.07) is 7.68. The monoisotopic (exact) mass is 353 g/mol. The number of benzene rings is 1. The van der Waals surface area contributed by atoms with Crippen molar-refractivity contribution in [3.05, 3.63) is 29.8 Å². The lowest BCUT2D eigenvalue weighted by Gasteiger charge is -2.34. The van der Waals surface area contributed by atoms with Crippen molar-refractivity contribution in [1.82, 2.24) is 5.06 Å². The van der Waals surface area contributed by atoms with Gasteiger partial charge in [-0.2, -0.15) is 0 Å². The van der Waals surface area contributed by atoms with Crippen molar-refractivity contribution in [2.24, 2.45) is 0 Å². The third kappa shape index (κ3) is 5.97. The number of carbonyl (C=O) groups is 1. The second kappa shape index (κ2) is 9.72. The molecule has 1 N–H and O–H groups in total. The van der Waals surface area contributed by atoms with E-state index in [4.69, 9.17) is 19.0 Å². The summed E-state index contributed by atoms with van der Waals surface area (Å²) in [4.78, 5) is 16.8. The normalized spacial score (nSPS) is 23.3. The van der Waals surface area contributed by atoms with E-state index in [1.165, 1.54) is 14.2 Å². The van der Waals surface area contributed by atoms with E-state index in [0.29, 0.717) is 26.1 Å². The molecule has 0 bridgehead atoms. The average Bonchev–Trinajstić information content (AvgIpc) is 2.64. The first-order valence-corrected chi connectivity index (χ1v) is 8.38. The number of hydrogen-bond donors (Lipinski definition) is 1. The molecule has 1 fully saturated rings. The number of rotatable bonds is 8. The molecule has 140 valence electrons. The molecule has 0 spiro atoms. The quantitative estimate of drug-likeness (QED) is 0.714. The predicted octanol–water partition coefficient (Wildman–Crippen LogP) is 1.53. The molecule has 1 aromatic carbocycles. The van der Waals surface area contributed by atoms with Gasteiger partial charge in [0.2, 0.25) is 5.91 Å². The van der Waals surface area contributed by atoms with Crippen LogP contribution in [0.3, 0.4) is 0 Å². The summed E-state index contributed by atoms with van der Waals surface area (Å²) in [5, 5.41) is 11.2. The standard InChI is InChI=1S/C18H27NO6/c1-19(23-3)18(21)10-17-16(20)9-8-15(25-17)12-24-11-13-4-6-14(22-2)7-5-13/h4-7,15-17,20H,8-12H2,1-3H3/t15-,16+,17+/m1/s1. The molecule has 0 aliphatic carbocycles. The molecular formula is C18H27NO6. The Labute approximate surface area is 148 Å². The van der Waals surface area contributed by atoms with Crippen LogP contribution >= 0.6 is 0 Å². The summed E-state index contributed by atoms with van der Waals surface area (Å²) in [5.74, 6) is 0.577. The van der Waals surface area contributed by atoms with E-state index in [1.807, 2.05) is 24.3 Å². The first kappa shape index (κ1) is 19.7. The Balaban J connectivity index is 1.77. The Bertz CT molecular complexity index is 535. The highest BCUT2D eigenvalue weighted by molar-refractivity contribution is 5.75. The van der Waals surface area contributed by atoms with Gasteiger partial charge in [-0.25, -0.2) is 5.06 Å². The number of nitrogens with zero attached hydrogens (tertiary/aromatic N) is 1. The number of hydroxylamine groups is 2. The Morgan fingerprint density at radius 2 is 2.00 bits per heavy atom. The maximum absolute atomic E-state index is 11.9. The maximum atomic E-state index is 11.9. The fourth-order valence-corrected chi connectivity index (χ4v) is 2.69. The highest BCUT2D eigenvalue weighted by Gasteiger charge is 2.32. The predicted molar refractivity (Wildman–Crippen MR) is 90.9 cm³/mol. The summed E-state index contributed by atoms with van der Waals surface area (Å²) < 4.78 is 16.7. The number of carbonyl (C=O) groups excluding carboxylic acids is 1. The summed E-state index contributed by atoms with van der Waals surface area (Å²) in [6.45, 7) is 0.895. The molecule has 3 atom stereocenters. The van der Waals surface area contributed by atoms with E-state index in [0.717, 1.165) is 16.4 Å². The molecule has 1 heterocycles. The van der Waals surface area contributed by atoms with Gasteiger partial charge in [-0.1, -0.05) is 12.1 Å². The maximum Gasteiger partial charge on any atom is 0.248 e. The third-order valence-electron chi connectivity index (χ3n) is 4.31. The summed E-state index contributed by atoms with van der Waals surface area (Å²) in [7, 11) is 4.59. The van der Waals surface area contributed by atoms with Crippen molar-refractivity contribution in [3.63, 3.8) is 0 Å². The van der Waals surface area contributed by atoms with Crippen LogP contribution in [0.25, 0.3) is 0 Å². The van der Waals surface area contributed by atoms with E-state index in [9.17, 15) is 9.90 Å². The zero-order valence-corrected chi connectivity index (χ0v) is 15.0. The van der Waals surface area contributed by atoms with Crippen LogP contribution in [0.2, 0.25) is 0 Å². The Morgan fingerprint density at radius 1 is 1.28 bits per heavy atom. The van der Waals surface area contributed by atoms with Crippen LogP contribution in [0.4, 0.5) is 0 Å². The molecule has 0 unspecified atom stereocenters. The van der Waals surface area contributed by atoms with E-state index in [1.54, 1.807) is 7.11 Å². The zero-order valence-electron chi connectivity index (χ0n) is 15.0. The molecular weight excluding hydrogens is 326 g/mol. The van der Waals surface area contributed by atoms with Crippen molar-refractivity contribution >= 4 is 5.91 Å². The average molecular weight is 353 g/mol. The van der Waals surface area contributed by atoms with Crippen molar-refractivity contribution in [1.29, 1.82) is 0 Å². The lowest BCUT2D eigenvalue weighted by Crippen LogP contribution is -2.43. The molecule has 0 aromatic heterocycles. The molecule has 1 amide bonds. The molecule has 1 aromatic rings. The minimum atomic E-state index is -0.646. The molecule has 1 saturated heterocycles. The van der Waals surface area contributed by atoms with Crippen LogP contribution in [0, 0.1) is 0 Å². The van der Waals surface area contributed by atoms with Gasteiger partial charge >= 0.3 is 0 Å². The largest absolute Gasteiger partial charge is 0.497 e. The molecule has 0 saturated carbocycles. The van der Waals surface area contributed by atoms with Crippen LogP contribution in [-0.2, 0) is 25.7 Å². The highest BCUT2D eigenvalue weighted by atomic mass is 16.7. The Hall–Kier alpha value is -1.67. The molecule has 1 aliphatic rings. The second-order valence-electron chi connectivity index (χ2n) is 6.08. The minimum Gasteiger partial charge on any atom is -0.497 e. The van der Waals surface area contributed by atoms with Crippen LogP contribution in [0.15, 0.2) is 24.3 Å². The molecule has 25 heavy (non-hydrogen) atoms. The second-order valence-corrected chi connectivity index (χ2v) is 6.08.